The molecule has 0 aromatic heterocycles. The number of hydrogen-bond donors (Lipinski definition) is 0. The first-order valence-electron chi connectivity index (χ1n) is 5.91. The van der Waals surface area contributed by atoms with E-state index in [1.165, 1.54) is 25.8 Å². The molecular formula is C12H23NO. The van der Waals surface area contributed by atoms with E-state index in [1.807, 2.05) is 0 Å². The Morgan fingerprint density at radius 1 is 1.29 bits per heavy atom. The average Bonchev–Trinajstić information content (AvgIpc) is 2.90. The summed E-state index contributed by atoms with van der Waals surface area (Å²) in [7, 11) is 0. The molecule has 1 saturated heterocycles. The summed E-state index contributed by atoms with van der Waals surface area (Å²) in [5.74, 6) is 0. The van der Waals surface area contributed by atoms with E-state index in [4.69, 9.17) is 4.74 Å². The second kappa shape index (κ2) is 3.49. The van der Waals surface area contributed by atoms with Crippen LogP contribution in [0, 0.1) is 5.41 Å². The van der Waals surface area contributed by atoms with Crippen molar-refractivity contribution in [1.82, 2.24) is 4.90 Å². The largest absolute Gasteiger partial charge is 0.378 e. The number of nitrogens with zero attached hydrogens (tertiary/aromatic N) is 1. The quantitative estimate of drug-likeness (QED) is 0.688. The third kappa shape index (κ3) is 1.96. The van der Waals surface area contributed by atoms with Crippen molar-refractivity contribution in [1.29, 1.82) is 0 Å². The number of rotatable bonds is 3. The van der Waals surface area contributed by atoms with Crippen LogP contribution in [0.25, 0.3) is 0 Å². The van der Waals surface area contributed by atoms with Gasteiger partial charge < -0.3 is 4.74 Å². The SMILES string of the molecule is CCC1(CN2CCOCC2(C)C)CC1. The van der Waals surface area contributed by atoms with Gasteiger partial charge in [0.05, 0.1) is 13.2 Å². The molecule has 1 aliphatic heterocycles. The fraction of sp³-hybridized carbons (Fsp3) is 1.00. The van der Waals surface area contributed by atoms with E-state index in [0.717, 1.165) is 19.8 Å². The molecule has 2 rings (SSSR count). The van der Waals surface area contributed by atoms with Crippen LogP contribution in [0.5, 0.6) is 0 Å². The zero-order valence-electron chi connectivity index (χ0n) is 9.81. The van der Waals surface area contributed by atoms with E-state index < -0.39 is 0 Å². The highest BCUT2D eigenvalue weighted by atomic mass is 16.5. The highest BCUT2D eigenvalue weighted by Crippen LogP contribution is 2.50. The molecule has 0 atom stereocenters. The van der Waals surface area contributed by atoms with Crippen LogP contribution in [0.3, 0.4) is 0 Å². The van der Waals surface area contributed by atoms with Gasteiger partial charge in [-0.2, -0.15) is 0 Å². The van der Waals surface area contributed by atoms with E-state index in [2.05, 4.69) is 25.7 Å². The Kier molecular flexibility index (Phi) is 2.61. The van der Waals surface area contributed by atoms with Gasteiger partial charge in [0.15, 0.2) is 0 Å². The molecule has 14 heavy (non-hydrogen) atoms. The highest BCUT2D eigenvalue weighted by molar-refractivity contribution is 4.97. The van der Waals surface area contributed by atoms with Gasteiger partial charge in [0.25, 0.3) is 0 Å². The summed E-state index contributed by atoms with van der Waals surface area (Å²) in [6.07, 6.45) is 4.23. The first kappa shape index (κ1) is 10.4. The van der Waals surface area contributed by atoms with Crippen LogP contribution in [0.15, 0.2) is 0 Å². The molecule has 1 saturated carbocycles. The van der Waals surface area contributed by atoms with Gasteiger partial charge in [-0.1, -0.05) is 6.92 Å². The predicted octanol–water partition coefficient (Wildman–Crippen LogP) is 2.29. The molecule has 0 amide bonds. The maximum absolute atomic E-state index is 5.54. The maximum atomic E-state index is 5.54. The predicted molar refractivity (Wildman–Crippen MR) is 58.4 cm³/mol. The van der Waals surface area contributed by atoms with Gasteiger partial charge in [-0.05, 0) is 38.5 Å². The minimum atomic E-state index is 0.253. The Morgan fingerprint density at radius 3 is 2.50 bits per heavy atom. The molecule has 2 nitrogen and oxygen atoms in total. The molecule has 82 valence electrons. The maximum Gasteiger partial charge on any atom is 0.0645 e. The van der Waals surface area contributed by atoms with Gasteiger partial charge in [0.2, 0.25) is 0 Å². The topological polar surface area (TPSA) is 12.5 Å². The lowest BCUT2D eigenvalue weighted by Gasteiger charge is -2.43. The van der Waals surface area contributed by atoms with Crippen LogP contribution < -0.4 is 0 Å². The lowest BCUT2D eigenvalue weighted by molar-refractivity contribution is -0.0594. The fourth-order valence-corrected chi connectivity index (χ4v) is 2.39. The Bertz CT molecular complexity index is 208. The van der Waals surface area contributed by atoms with Gasteiger partial charge >= 0.3 is 0 Å². The van der Waals surface area contributed by atoms with Crippen LogP contribution in [0.1, 0.15) is 40.0 Å². The molecule has 0 aromatic rings. The van der Waals surface area contributed by atoms with Crippen LogP contribution in [-0.2, 0) is 4.74 Å². The normalized spacial score (nSPS) is 30.2. The van der Waals surface area contributed by atoms with Crippen LogP contribution in [0.2, 0.25) is 0 Å². The molecular weight excluding hydrogens is 174 g/mol. The second-order valence-corrected chi connectivity index (χ2v) is 5.64. The smallest absolute Gasteiger partial charge is 0.0645 e. The van der Waals surface area contributed by atoms with Crippen molar-refractivity contribution in [3.05, 3.63) is 0 Å². The molecule has 2 fully saturated rings. The molecule has 0 unspecified atom stereocenters. The summed E-state index contributed by atoms with van der Waals surface area (Å²) in [5, 5.41) is 0. The minimum Gasteiger partial charge on any atom is -0.378 e. The van der Waals surface area contributed by atoms with E-state index in [0.29, 0.717) is 5.41 Å². The van der Waals surface area contributed by atoms with E-state index >= 15 is 0 Å². The van der Waals surface area contributed by atoms with Gasteiger partial charge in [-0.15, -0.1) is 0 Å². The van der Waals surface area contributed by atoms with Crippen molar-refractivity contribution in [3.63, 3.8) is 0 Å². The monoisotopic (exact) mass is 197 g/mol. The summed E-state index contributed by atoms with van der Waals surface area (Å²) in [6.45, 7) is 11.2. The molecule has 2 aliphatic rings. The number of hydrogen-bond acceptors (Lipinski definition) is 2. The molecule has 0 N–H and O–H groups in total. The number of morpholine rings is 1. The van der Waals surface area contributed by atoms with Crippen LogP contribution in [-0.4, -0.2) is 36.7 Å². The molecule has 1 aliphatic carbocycles. The standard InChI is InChI=1S/C12H23NO/c1-4-12(5-6-12)9-13-7-8-14-10-11(13,2)3/h4-10H2,1-3H3. The van der Waals surface area contributed by atoms with E-state index in [-0.39, 0.29) is 5.54 Å². The molecule has 2 heteroatoms. The fourth-order valence-electron chi connectivity index (χ4n) is 2.39. The van der Waals surface area contributed by atoms with Gasteiger partial charge in [0, 0.05) is 18.6 Å². The Labute approximate surface area is 87.6 Å². The third-order valence-corrected chi connectivity index (χ3v) is 4.05. The first-order chi connectivity index (χ1) is 6.58. The molecule has 1 heterocycles. The molecule has 0 aromatic carbocycles. The Balaban J connectivity index is 1.95. The average molecular weight is 197 g/mol. The van der Waals surface area contributed by atoms with E-state index in [1.54, 1.807) is 0 Å². The van der Waals surface area contributed by atoms with Gasteiger partial charge in [-0.25, -0.2) is 0 Å². The zero-order valence-corrected chi connectivity index (χ0v) is 9.81. The summed E-state index contributed by atoms with van der Waals surface area (Å²) in [6, 6.07) is 0. The lowest BCUT2D eigenvalue weighted by Crippen LogP contribution is -2.54. The second-order valence-electron chi connectivity index (χ2n) is 5.64. The molecule has 0 radical (unpaired) electrons. The Morgan fingerprint density at radius 2 is 2.00 bits per heavy atom. The van der Waals surface area contributed by atoms with Gasteiger partial charge in [-0.3, -0.25) is 4.90 Å². The van der Waals surface area contributed by atoms with E-state index in [9.17, 15) is 0 Å². The van der Waals surface area contributed by atoms with Crippen molar-refractivity contribution in [2.75, 3.05) is 26.3 Å². The summed E-state index contributed by atoms with van der Waals surface area (Å²) >= 11 is 0. The van der Waals surface area contributed by atoms with Crippen molar-refractivity contribution in [3.8, 4) is 0 Å². The van der Waals surface area contributed by atoms with Gasteiger partial charge in [0.1, 0.15) is 0 Å². The summed E-state index contributed by atoms with van der Waals surface area (Å²) in [5.41, 5.74) is 0.928. The Hall–Kier alpha value is -0.0800. The number of ether oxygens (including phenoxy) is 1. The van der Waals surface area contributed by atoms with Crippen molar-refractivity contribution < 1.29 is 4.74 Å². The van der Waals surface area contributed by atoms with Crippen LogP contribution in [0.4, 0.5) is 0 Å². The first-order valence-corrected chi connectivity index (χ1v) is 5.91. The molecule has 0 spiro atoms. The summed E-state index contributed by atoms with van der Waals surface area (Å²) < 4.78 is 5.54. The third-order valence-electron chi connectivity index (χ3n) is 4.05. The van der Waals surface area contributed by atoms with Crippen LogP contribution >= 0.6 is 0 Å². The van der Waals surface area contributed by atoms with Crippen molar-refractivity contribution in [2.24, 2.45) is 5.41 Å². The van der Waals surface area contributed by atoms with Crippen molar-refractivity contribution in [2.45, 2.75) is 45.6 Å². The summed E-state index contributed by atoms with van der Waals surface area (Å²) in [4.78, 5) is 2.63. The molecule has 0 bridgehead atoms. The highest BCUT2D eigenvalue weighted by Gasteiger charge is 2.45. The van der Waals surface area contributed by atoms with Crippen molar-refractivity contribution >= 4 is 0 Å². The zero-order chi connectivity index (χ0) is 10.2. The minimum absolute atomic E-state index is 0.253. The lowest BCUT2D eigenvalue weighted by atomic mass is 9.96.